The molecule has 0 saturated carbocycles. The predicted octanol–water partition coefficient (Wildman–Crippen LogP) is -1.13. The topological polar surface area (TPSA) is 131 Å². The van der Waals surface area contributed by atoms with Gasteiger partial charge in [-0.25, -0.2) is 4.79 Å². The molecule has 3 heterocycles. The summed E-state index contributed by atoms with van der Waals surface area (Å²) in [5.41, 5.74) is 6.98. The number of aromatic nitrogens is 2. The van der Waals surface area contributed by atoms with Gasteiger partial charge in [0.2, 0.25) is 0 Å². The van der Waals surface area contributed by atoms with Crippen molar-refractivity contribution in [2.75, 3.05) is 13.1 Å². The molecular weight excluding hydrogens is 290 g/mol. The van der Waals surface area contributed by atoms with Gasteiger partial charge in [-0.3, -0.25) is 9.23 Å². The number of fused-ring (bicyclic) bond motifs is 4. The minimum absolute atomic E-state index is 0.287. The Bertz CT molecular complexity index is 656. The number of nitrogens with two attached hydrogens (primary N) is 1. The van der Waals surface area contributed by atoms with Crippen molar-refractivity contribution in [1.82, 2.24) is 19.7 Å². The summed E-state index contributed by atoms with van der Waals surface area (Å²) in [5.74, 6) is 0. The molecule has 1 aromatic heterocycles. The van der Waals surface area contributed by atoms with Gasteiger partial charge in [0.1, 0.15) is 6.04 Å². The molecule has 2 amide bonds. The molecule has 2 aliphatic heterocycles. The van der Waals surface area contributed by atoms with E-state index in [1.165, 1.54) is 4.90 Å². The summed E-state index contributed by atoms with van der Waals surface area (Å²) in [4.78, 5) is 13.4. The first-order chi connectivity index (χ1) is 9.40. The van der Waals surface area contributed by atoms with Crippen LogP contribution in [0.4, 0.5) is 4.79 Å². The van der Waals surface area contributed by atoms with Crippen LogP contribution in [0, 0.1) is 0 Å². The number of hydroxylamine groups is 2. The van der Waals surface area contributed by atoms with Crippen LogP contribution in [0.3, 0.4) is 0 Å². The van der Waals surface area contributed by atoms with E-state index in [1.807, 2.05) is 0 Å². The standard InChI is InChI=1S/C9H13N5O5S/c10-1-2-13-7-4-12-5-8(6(7)3-11-13)14(9(12)15)19-20(16,17)18/h3,8H,1-2,4-5,10H2,(H,16,17,18). The molecule has 2 bridgehead atoms. The molecule has 1 atom stereocenters. The monoisotopic (exact) mass is 303 g/mol. The average Bonchev–Trinajstić information content (AvgIpc) is 2.86. The number of carbonyl (C=O) groups excluding carboxylic acids is 1. The van der Waals surface area contributed by atoms with E-state index in [-0.39, 0.29) is 6.54 Å². The van der Waals surface area contributed by atoms with Crippen LogP contribution >= 0.6 is 0 Å². The van der Waals surface area contributed by atoms with E-state index in [4.69, 9.17) is 10.3 Å². The summed E-state index contributed by atoms with van der Waals surface area (Å²) in [5, 5.41) is 4.83. The van der Waals surface area contributed by atoms with Crippen LogP contribution in [0.15, 0.2) is 6.20 Å². The first-order valence-corrected chi connectivity index (χ1v) is 7.27. The van der Waals surface area contributed by atoms with Gasteiger partial charge in [0.05, 0.1) is 31.5 Å². The first kappa shape index (κ1) is 13.3. The van der Waals surface area contributed by atoms with Crippen molar-refractivity contribution in [3.8, 4) is 0 Å². The van der Waals surface area contributed by atoms with Gasteiger partial charge in [-0.1, -0.05) is 0 Å². The second kappa shape index (κ2) is 4.41. The predicted molar refractivity (Wildman–Crippen MR) is 64.3 cm³/mol. The normalized spacial score (nSPS) is 21.5. The largest absolute Gasteiger partial charge is 0.418 e. The molecule has 110 valence electrons. The van der Waals surface area contributed by atoms with Gasteiger partial charge in [0, 0.05) is 12.1 Å². The molecule has 10 nitrogen and oxygen atoms in total. The second-order valence-corrected chi connectivity index (χ2v) is 5.57. The van der Waals surface area contributed by atoms with Crippen molar-refractivity contribution >= 4 is 16.4 Å². The number of carbonyl (C=O) groups is 1. The van der Waals surface area contributed by atoms with Gasteiger partial charge >= 0.3 is 16.4 Å². The van der Waals surface area contributed by atoms with Crippen molar-refractivity contribution in [3.63, 3.8) is 0 Å². The number of rotatable bonds is 4. The van der Waals surface area contributed by atoms with Gasteiger partial charge in [-0.2, -0.15) is 18.6 Å². The summed E-state index contributed by atoms with van der Waals surface area (Å²) in [6, 6.07) is -1.22. The molecule has 2 aliphatic rings. The number of hydrogen-bond donors (Lipinski definition) is 2. The van der Waals surface area contributed by atoms with Crippen molar-refractivity contribution in [1.29, 1.82) is 0 Å². The fourth-order valence-corrected chi connectivity index (χ4v) is 2.92. The molecule has 1 saturated heterocycles. The van der Waals surface area contributed by atoms with Crippen LogP contribution in [0.2, 0.25) is 0 Å². The zero-order chi connectivity index (χ0) is 14.5. The molecule has 0 radical (unpaired) electrons. The third kappa shape index (κ3) is 2.04. The van der Waals surface area contributed by atoms with Gasteiger partial charge < -0.3 is 10.6 Å². The molecule has 0 spiro atoms. The molecule has 3 N–H and O–H groups in total. The molecule has 11 heteroatoms. The summed E-state index contributed by atoms with van der Waals surface area (Å²) < 4.78 is 36.4. The van der Waals surface area contributed by atoms with Crippen molar-refractivity contribution in [2.45, 2.75) is 19.1 Å². The molecule has 1 fully saturated rings. The average molecular weight is 303 g/mol. The fourth-order valence-electron chi connectivity index (χ4n) is 2.55. The van der Waals surface area contributed by atoms with Crippen LogP contribution in [-0.4, -0.2) is 51.8 Å². The van der Waals surface area contributed by atoms with E-state index in [2.05, 4.69) is 9.38 Å². The molecule has 1 aromatic rings. The van der Waals surface area contributed by atoms with Crippen LogP contribution in [0.25, 0.3) is 0 Å². The lowest BCUT2D eigenvalue weighted by Crippen LogP contribution is -2.32. The Kier molecular flexibility index (Phi) is 2.93. The van der Waals surface area contributed by atoms with Crippen molar-refractivity contribution < 1.29 is 22.0 Å². The summed E-state index contributed by atoms with van der Waals surface area (Å²) in [6.45, 7) is 1.49. The number of urea groups is 1. The Morgan fingerprint density at radius 3 is 2.95 bits per heavy atom. The smallest absolute Gasteiger partial charge is 0.329 e. The molecular formula is C9H13N5O5S. The van der Waals surface area contributed by atoms with Gasteiger partial charge in [0.15, 0.2) is 0 Å². The highest BCUT2D eigenvalue weighted by Gasteiger charge is 2.47. The Balaban J connectivity index is 1.97. The van der Waals surface area contributed by atoms with Crippen LogP contribution in [-0.2, 0) is 27.8 Å². The maximum atomic E-state index is 12.0. The van der Waals surface area contributed by atoms with Crippen LogP contribution in [0.1, 0.15) is 17.3 Å². The maximum absolute atomic E-state index is 12.0. The highest BCUT2D eigenvalue weighted by molar-refractivity contribution is 7.80. The number of nitrogens with zero attached hydrogens (tertiary/aromatic N) is 4. The third-order valence-electron chi connectivity index (χ3n) is 3.33. The van der Waals surface area contributed by atoms with Gasteiger partial charge in [-0.15, -0.1) is 4.28 Å². The van der Waals surface area contributed by atoms with Gasteiger partial charge in [-0.05, 0) is 0 Å². The molecule has 20 heavy (non-hydrogen) atoms. The molecule has 0 aliphatic carbocycles. The van der Waals surface area contributed by atoms with E-state index in [0.717, 1.165) is 5.69 Å². The lowest BCUT2D eigenvalue weighted by atomic mass is 10.1. The highest BCUT2D eigenvalue weighted by Crippen LogP contribution is 2.38. The van der Waals surface area contributed by atoms with E-state index in [9.17, 15) is 13.2 Å². The second-order valence-electron chi connectivity index (χ2n) is 4.57. The van der Waals surface area contributed by atoms with Crippen LogP contribution in [0.5, 0.6) is 0 Å². The van der Waals surface area contributed by atoms with Crippen molar-refractivity contribution in [3.05, 3.63) is 17.5 Å². The fraction of sp³-hybridized carbons (Fsp3) is 0.556. The van der Waals surface area contributed by atoms with Gasteiger partial charge in [0.25, 0.3) is 0 Å². The third-order valence-corrected chi connectivity index (χ3v) is 3.68. The summed E-state index contributed by atoms with van der Waals surface area (Å²) in [7, 11) is -4.75. The van der Waals surface area contributed by atoms with E-state index in [1.54, 1.807) is 10.9 Å². The quantitative estimate of drug-likeness (QED) is 0.673. The minimum Gasteiger partial charge on any atom is -0.329 e. The maximum Gasteiger partial charge on any atom is 0.418 e. The zero-order valence-electron chi connectivity index (χ0n) is 10.3. The molecule has 1 unspecified atom stereocenters. The minimum atomic E-state index is -4.75. The van der Waals surface area contributed by atoms with Crippen molar-refractivity contribution in [2.24, 2.45) is 5.73 Å². The summed E-state index contributed by atoms with van der Waals surface area (Å²) >= 11 is 0. The Labute approximate surface area is 114 Å². The lowest BCUT2D eigenvalue weighted by molar-refractivity contribution is -0.0316. The Morgan fingerprint density at radius 2 is 2.30 bits per heavy atom. The highest BCUT2D eigenvalue weighted by atomic mass is 32.3. The molecule has 0 aromatic carbocycles. The van der Waals surface area contributed by atoms with E-state index >= 15 is 0 Å². The molecule has 3 rings (SSSR count). The lowest BCUT2D eigenvalue weighted by Gasteiger charge is -2.22. The number of amides is 2. The SMILES string of the molecule is NCCn1ncc2c1CN1CC2N(OS(=O)(=O)O)C1=O. The van der Waals surface area contributed by atoms with E-state index in [0.29, 0.717) is 30.3 Å². The first-order valence-electron chi connectivity index (χ1n) is 5.90. The zero-order valence-corrected chi connectivity index (χ0v) is 11.2. The Hall–Kier alpha value is -1.69. The number of hydrogen-bond acceptors (Lipinski definition) is 6. The summed E-state index contributed by atoms with van der Waals surface area (Å²) in [6.07, 6.45) is 1.56. The van der Waals surface area contributed by atoms with E-state index < -0.39 is 22.5 Å². The van der Waals surface area contributed by atoms with Crippen LogP contribution < -0.4 is 5.73 Å². The Morgan fingerprint density at radius 1 is 1.55 bits per heavy atom.